The number of aliphatic imine (C=N–C) groups is 1. The zero-order chi connectivity index (χ0) is 12.6. The molecule has 88 valence electrons. The van der Waals surface area contributed by atoms with Gasteiger partial charge in [-0.25, -0.2) is 0 Å². The summed E-state index contributed by atoms with van der Waals surface area (Å²) in [5.41, 5.74) is 4.59. The number of benzene rings is 1. The number of rotatable bonds is 2. The Labute approximate surface area is 99.9 Å². The summed E-state index contributed by atoms with van der Waals surface area (Å²) in [6.45, 7) is 12.1. The van der Waals surface area contributed by atoms with Crippen LogP contribution < -0.4 is 0 Å². The fraction of sp³-hybridized carbons (Fsp3) is 0.400. The van der Waals surface area contributed by atoms with Gasteiger partial charge in [0, 0.05) is 5.71 Å². The highest BCUT2D eigenvalue weighted by molar-refractivity contribution is 5.85. The maximum Gasteiger partial charge on any atom is 0.0658 e. The smallest absolute Gasteiger partial charge is 0.0658 e. The van der Waals surface area contributed by atoms with Gasteiger partial charge in [-0.05, 0) is 33.3 Å². The minimum Gasteiger partial charge on any atom is -0.258 e. The Hall–Kier alpha value is -1.37. The molecule has 1 nitrogen and oxygen atoms in total. The highest BCUT2D eigenvalue weighted by Crippen LogP contribution is 2.16. The van der Waals surface area contributed by atoms with Crippen LogP contribution in [0.5, 0.6) is 0 Å². The van der Waals surface area contributed by atoms with Gasteiger partial charge in [-0.3, -0.25) is 4.99 Å². The maximum absolute atomic E-state index is 4.47. The third-order valence-corrected chi connectivity index (χ3v) is 1.96. The van der Waals surface area contributed by atoms with Crippen molar-refractivity contribution in [1.29, 1.82) is 0 Å². The molecule has 0 heterocycles. The molecule has 0 saturated carbocycles. The van der Waals surface area contributed by atoms with Gasteiger partial charge in [-0.1, -0.05) is 49.8 Å². The van der Waals surface area contributed by atoms with Crippen LogP contribution in [0.25, 0.3) is 5.70 Å². The Morgan fingerprint density at radius 2 is 1.56 bits per heavy atom. The molecule has 0 bridgehead atoms. The van der Waals surface area contributed by atoms with Gasteiger partial charge in [0.1, 0.15) is 0 Å². The average Bonchev–Trinajstić information content (AvgIpc) is 2.29. The molecule has 1 aromatic rings. The number of hydrogen-bond donors (Lipinski definition) is 0. The van der Waals surface area contributed by atoms with E-state index in [1.807, 2.05) is 40.7 Å². The predicted octanol–water partition coefficient (Wildman–Crippen LogP) is 4.86. The molecule has 0 unspecified atom stereocenters. The molecule has 0 aliphatic rings. The van der Waals surface area contributed by atoms with E-state index < -0.39 is 0 Å². The predicted molar refractivity (Wildman–Crippen MR) is 75.0 cm³/mol. The van der Waals surface area contributed by atoms with Crippen molar-refractivity contribution in [3.8, 4) is 0 Å². The average molecular weight is 217 g/mol. The molecule has 0 fully saturated rings. The number of aryl methyl sites for hydroxylation is 1. The minimum absolute atomic E-state index is 1.05. The van der Waals surface area contributed by atoms with Crippen LogP contribution in [0.15, 0.2) is 35.3 Å². The fourth-order valence-corrected chi connectivity index (χ4v) is 1.26. The lowest BCUT2D eigenvalue weighted by atomic mass is 10.1. The van der Waals surface area contributed by atoms with Gasteiger partial charge in [0.2, 0.25) is 0 Å². The minimum atomic E-state index is 1.05. The number of hydrogen-bond acceptors (Lipinski definition) is 1. The van der Waals surface area contributed by atoms with E-state index in [0.717, 1.165) is 11.4 Å². The van der Waals surface area contributed by atoms with Crippen molar-refractivity contribution in [2.45, 2.75) is 41.5 Å². The molecule has 0 atom stereocenters. The summed E-state index contributed by atoms with van der Waals surface area (Å²) in [7, 11) is 0. The van der Waals surface area contributed by atoms with E-state index in [-0.39, 0.29) is 0 Å². The first kappa shape index (κ1) is 14.6. The lowest BCUT2D eigenvalue weighted by Crippen LogP contribution is -1.86. The van der Waals surface area contributed by atoms with Crippen molar-refractivity contribution < 1.29 is 0 Å². The van der Waals surface area contributed by atoms with E-state index in [0.29, 0.717) is 0 Å². The molecule has 0 aromatic heterocycles. The summed E-state index contributed by atoms with van der Waals surface area (Å²) >= 11 is 0. The first-order valence-electron chi connectivity index (χ1n) is 5.88. The van der Waals surface area contributed by atoms with E-state index in [2.05, 4.69) is 36.2 Å². The fourth-order valence-electron chi connectivity index (χ4n) is 1.26. The summed E-state index contributed by atoms with van der Waals surface area (Å²) < 4.78 is 0. The third-order valence-electron chi connectivity index (χ3n) is 1.96. The first-order chi connectivity index (χ1) is 7.63. The van der Waals surface area contributed by atoms with E-state index in [1.165, 1.54) is 11.1 Å². The lowest BCUT2D eigenvalue weighted by molar-refractivity contribution is 1.41. The van der Waals surface area contributed by atoms with Crippen LogP contribution >= 0.6 is 0 Å². The van der Waals surface area contributed by atoms with Crippen molar-refractivity contribution in [1.82, 2.24) is 0 Å². The second kappa shape index (κ2) is 7.86. The third kappa shape index (κ3) is 4.92. The van der Waals surface area contributed by atoms with Gasteiger partial charge in [0.15, 0.2) is 0 Å². The highest BCUT2D eigenvalue weighted by Gasteiger charge is 1.97. The molecule has 0 radical (unpaired) electrons. The van der Waals surface area contributed by atoms with Crippen molar-refractivity contribution in [2.24, 2.45) is 4.99 Å². The largest absolute Gasteiger partial charge is 0.258 e. The summed E-state index contributed by atoms with van der Waals surface area (Å²) in [4.78, 5) is 4.47. The van der Waals surface area contributed by atoms with Gasteiger partial charge in [0.25, 0.3) is 0 Å². The Morgan fingerprint density at radius 3 is 1.94 bits per heavy atom. The SMILES string of the molecule is C/C=C(\N=C(C)C)c1ccc(C)cc1.CC. The second-order valence-corrected chi connectivity index (χ2v) is 3.60. The molecular weight excluding hydrogens is 194 g/mol. The summed E-state index contributed by atoms with van der Waals surface area (Å²) in [6.07, 6.45) is 2.04. The Kier molecular flexibility index (Phi) is 7.19. The number of allylic oxidation sites excluding steroid dienone is 1. The van der Waals surface area contributed by atoms with E-state index >= 15 is 0 Å². The molecule has 1 heteroatoms. The highest BCUT2D eigenvalue weighted by atomic mass is 14.7. The molecule has 0 N–H and O–H groups in total. The molecular formula is C15H23N. The van der Waals surface area contributed by atoms with Crippen LogP contribution in [0.3, 0.4) is 0 Å². The van der Waals surface area contributed by atoms with E-state index in [4.69, 9.17) is 0 Å². The van der Waals surface area contributed by atoms with Crippen molar-refractivity contribution in [3.63, 3.8) is 0 Å². The Morgan fingerprint density at radius 1 is 1.06 bits per heavy atom. The van der Waals surface area contributed by atoms with Crippen molar-refractivity contribution in [3.05, 3.63) is 41.5 Å². The van der Waals surface area contributed by atoms with E-state index in [1.54, 1.807) is 0 Å². The topological polar surface area (TPSA) is 12.4 Å². The molecule has 1 aromatic carbocycles. The molecule has 16 heavy (non-hydrogen) atoms. The summed E-state index contributed by atoms with van der Waals surface area (Å²) in [5.74, 6) is 0. The van der Waals surface area contributed by atoms with Crippen LogP contribution in [0.4, 0.5) is 0 Å². The molecule has 0 saturated heterocycles. The molecule has 1 rings (SSSR count). The van der Waals surface area contributed by atoms with Gasteiger partial charge in [-0.2, -0.15) is 0 Å². The molecule has 0 spiro atoms. The van der Waals surface area contributed by atoms with Crippen LogP contribution in [-0.2, 0) is 0 Å². The monoisotopic (exact) mass is 217 g/mol. The van der Waals surface area contributed by atoms with Gasteiger partial charge in [-0.15, -0.1) is 0 Å². The summed E-state index contributed by atoms with van der Waals surface area (Å²) in [5, 5.41) is 0. The second-order valence-electron chi connectivity index (χ2n) is 3.60. The standard InChI is InChI=1S/C13H17N.C2H6/c1-5-13(14-10(2)3)12-8-6-11(4)7-9-12;1-2/h5-9H,1-4H3;1-2H3/b13-5-;. The van der Waals surface area contributed by atoms with Gasteiger partial charge >= 0.3 is 0 Å². The molecule has 0 aliphatic carbocycles. The van der Waals surface area contributed by atoms with Crippen LogP contribution in [0, 0.1) is 6.92 Å². The summed E-state index contributed by atoms with van der Waals surface area (Å²) in [6, 6.07) is 8.44. The van der Waals surface area contributed by atoms with Crippen LogP contribution in [0.2, 0.25) is 0 Å². The first-order valence-corrected chi connectivity index (χ1v) is 5.88. The quantitative estimate of drug-likeness (QED) is 0.627. The maximum atomic E-state index is 4.47. The van der Waals surface area contributed by atoms with Gasteiger partial charge in [0.05, 0.1) is 5.70 Å². The van der Waals surface area contributed by atoms with Crippen molar-refractivity contribution in [2.75, 3.05) is 0 Å². The lowest BCUT2D eigenvalue weighted by Gasteiger charge is -2.02. The number of nitrogens with zero attached hydrogens (tertiary/aromatic N) is 1. The Bertz CT molecular complexity index is 352. The van der Waals surface area contributed by atoms with Crippen molar-refractivity contribution >= 4 is 11.4 Å². The Balaban J connectivity index is 0.00000106. The zero-order valence-electron chi connectivity index (χ0n) is 11.3. The van der Waals surface area contributed by atoms with E-state index in [9.17, 15) is 0 Å². The molecule has 0 aliphatic heterocycles. The zero-order valence-corrected chi connectivity index (χ0v) is 11.3. The van der Waals surface area contributed by atoms with Crippen LogP contribution in [-0.4, -0.2) is 5.71 Å². The van der Waals surface area contributed by atoms with Crippen LogP contribution in [0.1, 0.15) is 45.7 Å². The van der Waals surface area contributed by atoms with Gasteiger partial charge < -0.3 is 0 Å². The molecule has 0 amide bonds. The normalized spacial score (nSPS) is 10.2.